The number of halogens is 3. The highest BCUT2D eigenvalue weighted by molar-refractivity contribution is 8.00. The maximum absolute atomic E-state index is 14.4. The summed E-state index contributed by atoms with van der Waals surface area (Å²) in [6.45, 7) is 8.75. The van der Waals surface area contributed by atoms with Gasteiger partial charge in [0.05, 0.1) is 0 Å². The van der Waals surface area contributed by atoms with Gasteiger partial charge in [0.15, 0.2) is 23.1 Å². The van der Waals surface area contributed by atoms with Crippen LogP contribution in [-0.4, -0.2) is 69.3 Å². The van der Waals surface area contributed by atoms with Gasteiger partial charge in [0.1, 0.15) is 17.2 Å². The lowest BCUT2D eigenvalue weighted by atomic mass is 10.0. The first-order valence-electron chi connectivity index (χ1n) is 14.3. The SMILES string of the molecule is CC(C)C(Oc1ccc(CNC(=O)[C@H]2SCCN2C(=O)C[C@@H](Cc2cc(F)c(F)cc2F)NC(=O)OC(C)(C)C)cc1)C(=O)O. The summed E-state index contributed by atoms with van der Waals surface area (Å²) < 4.78 is 52.6. The van der Waals surface area contributed by atoms with E-state index >= 15 is 0 Å². The Labute approximate surface area is 264 Å². The highest BCUT2D eigenvalue weighted by atomic mass is 32.2. The van der Waals surface area contributed by atoms with E-state index in [4.69, 9.17) is 9.47 Å². The van der Waals surface area contributed by atoms with Gasteiger partial charge in [-0.3, -0.25) is 9.59 Å². The first-order valence-corrected chi connectivity index (χ1v) is 15.4. The van der Waals surface area contributed by atoms with Crippen LogP contribution < -0.4 is 15.4 Å². The molecule has 14 heteroatoms. The van der Waals surface area contributed by atoms with Crippen molar-refractivity contribution in [2.45, 2.75) is 77.1 Å². The molecular weight excluding hydrogens is 615 g/mol. The maximum atomic E-state index is 14.4. The van der Waals surface area contributed by atoms with Crippen LogP contribution in [0.5, 0.6) is 5.75 Å². The molecule has 3 N–H and O–H groups in total. The number of carboxylic acid groups (broad SMARTS) is 1. The van der Waals surface area contributed by atoms with Crippen LogP contribution in [0.25, 0.3) is 0 Å². The third-order valence-electron chi connectivity index (χ3n) is 6.64. The van der Waals surface area contributed by atoms with Gasteiger partial charge in [-0.15, -0.1) is 11.8 Å². The Hall–Kier alpha value is -3.94. The highest BCUT2D eigenvalue weighted by Gasteiger charge is 2.36. The third kappa shape index (κ3) is 10.6. The van der Waals surface area contributed by atoms with Crippen LogP contribution in [0.4, 0.5) is 18.0 Å². The van der Waals surface area contributed by atoms with Gasteiger partial charge in [0.25, 0.3) is 5.91 Å². The summed E-state index contributed by atoms with van der Waals surface area (Å²) in [6.07, 6.45) is -2.59. The molecule has 1 aliphatic heterocycles. The van der Waals surface area contributed by atoms with Gasteiger partial charge in [0, 0.05) is 43.3 Å². The molecule has 2 aromatic rings. The van der Waals surface area contributed by atoms with Gasteiger partial charge in [-0.2, -0.15) is 0 Å². The number of nitrogens with one attached hydrogen (secondary N) is 2. The second kappa shape index (κ2) is 15.4. The van der Waals surface area contributed by atoms with Crippen molar-refractivity contribution in [2.75, 3.05) is 12.3 Å². The molecule has 0 radical (unpaired) electrons. The number of benzene rings is 2. The first-order chi connectivity index (χ1) is 21.0. The quantitative estimate of drug-likeness (QED) is 0.283. The average Bonchev–Trinajstić information content (AvgIpc) is 3.43. The Kier molecular flexibility index (Phi) is 12.1. The van der Waals surface area contributed by atoms with Crippen molar-refractivity contribution in [3.05, 3.63) is 65.0 Å². The second-order valence-electron chi connectivity index (χ2n) is 11.9. The number of rotatable bonds is 12. The second-order valence-corrected chi connectivity index (χ2v) is 13.1. The minimum absolute atomic E-state index is 0.128. The summed E-state index contributed by atoms with van der Waals surface area (Å²) in [5.74, 6) is -5.09. The molecule has 3 rings (SSSR count). The zero-order chi connectivity index (χ0) is 33.5. The summed E-state index contributed by atoms with van der Waals surface area (Å²) >= 11 is 1.25. The number of hydrogen-bond donors (Lipinski definition) is 3. The van der Waals surface area contributed by atoms with E-state index in [0.717, 1.165) is 0 Å². The standard InChI is InChI=1S/C31H38F3N3O7S/c1-17(2)26(29(40)41)43-21-8-6-18(7-9-21)16-35-27(39)28-37(10-11-45-28)25(38)14-20(36-30(42)44-31(3,4)5)12-19-13-23(33)24(34)15-22(19)32/h6-9,13,15,17,20,26,28H,10-12,14,16H2,1-5H3,(H,35,39)(H,36,42)(H,40,41)/t20-,26?,28-/m1/s1. The van der Waals surface area contributed by atoms with Crippen molar-refractivity contribution in [1.29, 1.82) is 0 Å². The molecule has 1 aliphatic rings. The average molecular weight is 654 g/mol. The van der Waals surface area contributed by atoms with E-state index in [9.17, 15) is 37.5 Å². The Morgan fingerprint density at radius 3 is 2.29 bits per heavy atom. The Bertz CT molecular complexity index is 1390. The summed E-state index contributed by atoms with van der Waals surface area (Å²) in [6, 6.07) is 6.59. The monoisotopic (exact) mass is 653 g/mol. The number of carboxylic acids is 1. The van der Waals surface area contributed by atoms with Gasteiger partial charge in [-0.1, -0.05) is 26.0 Å². The lowest BCUT2D eigenvalue weighted by molar-refractivity contribution is -0.147. The fraction of sp³-hybridized carbons (Fsp3) is 0.484. The molecule has 246 valence electrons. The van der Waals surface area contributed by atoms with Gasteiger partial charge < -0.3 is 30.1 Å². The zero-order valence-corrected chi connectivity index (χ0v) is 26.5. The molecule has 0 spiro atoms. The van der Waals surface area contributed by atoms with Crippen molar-refractivity contribution < 1.29 is 46.9 Å². The number of nitrogens with zero attached hydrogens (tertiary/aromatic N) is 1. The van der Waals surface area contributed by atoms with E-state index in [0.29, 0.717) is 29.2 Å². The molecule has 10 nitrogen and oxygen atoms in total. The van der Waals surface area contributed by atoms with Crippen molar-refractivity contribution >= 4 is 35.6 Å². The molecule has 45 heavy (non-hydrogen) atoms. The van der Waals surface area contributed by atoms with Crippen LogP contribution in [0.15, 0.2) is 36.4 Å². The molecular formula is C31H38F3N3O7S. The van der Waals surface area contributed by atoms with E-state index < -0.39 is 64.4 Å². The smallest absolute Gasteiger partial charge is 0.407 e. The van der Waals surface area contributed by atoms with Gasteiger partial charge >= 0.3 is 12.1 Å². The Morgan fingerprint density at radius 2 is 1.69 bits per heavy atom. The molecule has 0 aliphatic carbocycles. The number of amides is 3. The lowest BCUT2D eigenvalue weighted by Gasteiger charge is -2.27. The number of alkyl carbamates (subject to hydrolysis) is 1. The number of aliphatic carboxylic acids is 1. The van der Waals surface area contributed by atoms with E-state index in [1.54, 1.807) is 58.9 Å². The van der Waals surface area contributed by atoms with Crippen LogP contribution >= 0.6 is 11.8 Å². The van der Waals surface area contributed by atoms with E-state index in [-0.39, 0.29) is 37.4 Å². The van der Waals surface area contributed by atoms with Crippen LogP contribution in [0.1, 0.15) is 52.2 Å². The molecule has 1 saturated heterocycles. The molecule has 1 fully saturated rings. The summed E-state index contributed by atoms with van der Waals surface area (Å²) in [5, 5.41) is 13.8. The molecule has 1 unspecified atom stereocenters. The predicted octanol–water partition coefficient (Wildman–Crippen LogP) is 4.64. The molecule has 0 bridgehead atoms. The number of thioether (sulfide) groups is 1. The van der Waals surface area contributed by atoms with Crippen molar-refractivity contribution in [1.82, 2.24) is 15.5 Å². The number of hydrogen-bond acceptors (Lipinski definition) is 7. The van der Waals surface area contributed by atoms with Crippen molar-refractivity contribution in [3.63, 3.8) is 0 Å². The Balaban J connectivity index is 1.65. The molecule has 3 amide bonds. The van der Waals surface area contributed by atoms with E-state index in [2.05, 4.69) is 10.6 Å². The molecule has 2 aromatic carbocycles. The van der Waals surface area contributed by atoms with Crippen LogP contribution in [0.2, 0.25) is 0 Å². The van der Waals surface area contributed by atoms with Gasteiger partial charge in [-0.05, 0) is 56.5 Å². The van der Waals surface area contributed by atoms with Crippen LogP contribution in [0, 0.1) is 23.4 Å². The summed E-state index contributed by atoms with van der Waals surface area (Å²) in [7, 11) is 0. The predicted molar refractivity (Wildman–Crippen MR) is 161 cm³/mol. The molecule has 0 aromatic heterocycles. The number of ether oxygens (including phenoxy) is 2. The minimum Gasteiger partial charge on any atom is -0.478 e. The van der Waals surface area contributed by atoms with Crippen LogP contribution in [-0.2, 0) is 32.1 Å². The fourth-order valence-corrected chi connectivity index (χ4v) is 5.65. The molecule has 0 saturated carbocycles. The summed E-state index contributed by atoms with van der Waals surface area (Å²) in [5.41, 5.74) is -0.404. The van der Waals surface area contributed by atoms with Crippen LogP contribution in [0.3, 0.4) is 0 Å². The first kappa shape index (κ1) is 35.5. The lowest BCUT2D eigenvalue weighted by Crippen LogP contribution is -2.48. The van der Waals surface area contributed by atoms with Crippen molar-refractivity contribution in [3.8, 4) is 5.75 Å². The number of carbonyl (C=O) groups is 4. The maximum Gasteiger partial charge on any atom is 0.407 e. The number of carbonyl (C=O) groups excluding carboxylic acids is 3. The largest absolute Gasteiger partial charge is 0.478 e. The van der Waals surface area contributed by atoms with Crippen molar-refractivity contribution in [2.24, 2.45) is 5.92 Å². The minimum atomic E-state index is -1.37. The van der Waals surface area contributed by atoms with Gasteiger partial charge in [-0.25, -0.2) is 22.8 Å². The normalized spacial score (nSPS) is 16.2. The molecule has 3 atom stereocenters. The third-order valence-corrected chi connectivity index (χ3v) is 7.84. The highest BCUT2D eigenvalue weighted by Crippen LogP contribution is 2.26. The fourth-order valence-electron chi connectivity index (χ4n) is 4.49. The van der Waals surface area contributed by atoms with E-state index in [1.165, 1.54) is 16.7 Å². The Morgan fingerprint density at radius 1 is 1.04 bits per heavy atom. The van der Waals surface area contributed by atoms with Gasteiger partial charge in [0.2, 0.25) is 5.91 Å². The van der Waals surface area contributed by atoms with E-state index in [1.807, 2.05) is 0 Å². The zero-order valence-electron chi connectivity index (χ0n) is 25.7. The topological polar surface area (TPSA) is 134 Å². The molecule has 1 heterocycles. The summed E-state index contributed by atoms with van der Waals surface area (Å²) in [4.78, 5) is 51.7.